The van der Waals surface area contributed by atoms with E-state index in [-0.39, 0.29) is 5.75 Å². The summed E-state index contributed by atoms with van der Waals surface area (Å²) in [4.78, 5) is 12.3. The largest absolute Gasteiger partial charge is 0.490 e. The zero-order valence-corrected chi connectivity index (χ0v) is 16.8. The Morgan fingerprint density at radius 1 is 1.25 bits per heavy atom. The highest BCUT2D eigenvalue weighted by Crippen LogP contribution is 2.37. The molecule has 0 radical (unpaired) electrons. The fourth-order valence-corrected chi connectivity index (χ4v) is 3.10. The van der Waals surface area contributed by atoms with Crippen molar-refractivity contribution in [3.63, 3.8) is 0 Å². The molecule has 1 heterocycles. The van der Waals surface area contributed by atoms with E-state index >= 15 is 0 Å². The molecule has 0 saturated heterocycles. The molecule has 0 bridgehead atoms. The van der Waals surface area contributed by atoms with Crippen molar-refractivity contribution in [2.75, 3.05) is 19.8 Å². The first-order chi connectivity index (χ1) is 13.6. The van der Waals surface area contributed by atoms with Gasteiger partial charge in [0, 0.05) is 18.6 Å². The Bertz CT molecular complexity index is 949. The number of nitrogens with zero attached hydrogens (tertiary/aromatic N) is 1. The fraction of sp³-hybridized carbons (Fsp3) is 0.238. The van der Waals surface area contributed by atoms with Crippen LogP contribution in [0.25, 0.3) is 6.08 Å². The SMILES string of the molecule is CCOc1cc(C#N)cc(Br)c1OC(=O)/C=C/c1ccc2c(c1)OCCCO2. The average molecular weight is 444 g/mol. The molecule has 1 aliphatic rings. The van der Waals surface area contributed by atoms with Crippen LogP contribution in [0.5, 0.6) is 23.0 Å². The van der Waals surface area contributed by atoms with Gasteiger partial charge < -0.3 is 18.9 Å². The van der Waals surface area contributed by atoms with Crippen LogP contribution < -0.4 is 18.9 Å². The molecule has 2 aromatic rings. The van der Waals surface area contributed by atoms with Gasteiger partial charge in [-0.3, -0.25) is 0 Å². The van der Waals surface area contributed by atoms with Gasteiger partial charge in [0.1, 0.15) is 0 Å². The van der Waals surface area contributed by atoms with Gasteiger partial charge in [-0.15, -0.1) is 0 Å². The van der Waals surface area contributed by atoms with Crippen LogP contribution in [0.3, 0.4) is 0 Å². The molecule has 0 aliphatic carbocycles. The van der Waals surface area contributed by atoms with Crippen LogP contribution in [0.1, 0.15) is 24.5 Å². The van der Waals surface area contributed by atoms with E-state index in [0.29, 0.717) is 47.1 Å². The summed E-state index contributed by atoms with van der Waals surface area (Å²) in [5.41, 5.74) is 1.18. The summed E-state index contributed by atoms with van der Waals surface area (Å²) in [6.07, 6.45) is 3.78. The Hall–Kier alpha value is -2.98. The maximum atomic E-state index is 12.3. The van der Waals surface area contributed by atoms with Crippen LogP contribution >= 0.6 is 15.9 Å². The molecule has 0 N–H and O–H groups in total. The van der Waals surface area contributed by atoms with E-state index in [9.17, 15) is 4.79 Å². The van der Waals surface area contributed by atoms with Gasteiger partial charge in [-0.25, -0.2) is 4.79 Å². The second kappa shape index (κ2) is 9.29. The van der Waals surface area contributed by atoms with Crippen molar-refractivity contribution in [3.05, 3.63) is 52.0 Å². The summed E-state index contributed by atoms with van der Waals surface area (Å²) >= 11 is 3.32. The monoisotopic (exact) mass is 443 g/mol. The molecular weight excluding hydrogens is 426 g/mol. The summed E-state index contributed by atoms with van der Waals surface area (Å²) in [6.45, 7) is 3.40. The summed E-state index contributed by atoms with van der Waals surface area (Å²) in [5, 5.41) is 9.08. The summed E-state index contributed by atoms with van der Waals surface area (Å²) in [7, 11) is 0. The number of hydrogen-bond donors (Lipinski definition) is 0. The standard InChI is InChI=1S/C21H18BrNO5/c1-2-25-19-12-15(13-23)10-16(22)21(19)28-20(24)7-5-14-4-6-17-18(11-14)27-9-3-8-26-17/h4-7,10-12H,2-3,8-9H2,1H3/b7-5+. The highest BCUT2D eigenvalue weighted by Gasteiger charge is 2.15. The molecule has 28 heavy (non-hydrogen) atoms. The smallest absolute Gasteiger partial charge is 0.336 e. The van der Waals surface area contributed by atoms with Gasteiger partial charge in [0.05, 0.1) is 35.9 Å². The van der Waals surface area contributed by atoms with Crippen LogP contribution in [0.4, 0.5) is 0 Å². The lowest BCUT2D eigenvalue weighted by Crippen LogP contribution is -2.07. The van der Waals surface area contributed by atoms with Gasteiger partial charge in [0.2, 0.25) is 0 Å². The van der Waals surface area contributed by atoms with Gasteiger partial charge in [-0.2, -0.15) is 5.26 Å². The van der Waals surface area contributed by atoms with E-state index in [1.165, 1.54) is 12.1 Å². The Balaban J connectivity index is 1.75. The maximum absolute atomic E-state index is 12.3. The molecule has 0 atom stereocenters. The van der Waals surface area contributed by atoms with E-state index in [1.807, 2.05) is 31.2 Å². The molecule has 3 rings (SSSR count). The van der Waals surface area contributed by atoms with Gasteiger partial charge in [-0.1, -0.05) is 6.07 Å². The lowest BCUT2D eigenvalue weighted by atomic mass is 10.2. The number of halogens is 1. The Morgan fingerprint density at radius 2 is 2.04 bits per heavy atom. The topological polar surface area (TPSA) is 77.8 Å². The number of esters is 1. The van der Waals surface area contributed by atoms with Gasteiger partial charge in [0.25, 0.3) is 0 Å². The molecule has 0 spiro atoms. The highest BCUT2D eigenvalue weighted by atomic mass is 79.9. The summed E-state index contributed by atoms with van der Waals surface area (Å²) in [6, 6.07) is 10.6. The zero-order valence-electron chi connectivity index (χ0n) is 15.2. The molecule has 0 amide bonds. The molecule has 0 aromatic heterocycles. The number of rotatable bonds is 5. The number of carbonyl (C=O) groups excluding carboxylic acids is 1. The predicted octanol–water partition coefficient (Wildman–Crippen LogP) is 4.50. The van der Waals surface area contributed by atoms with E-state index in [0.717, 1.165) is 12.0 Å². The predicted molar refractivity (Wildman–Crippen MR) is 107 cm³/mol. The normalized spacial score (nSPS) is 12.9. The first-order valence-corrected chi connectivity index (χ1v) is 9.56. The zero-order chi connectivity index (χ0) is 19.9. The third kappa shape index (κ3) is 4.84. The quantitative estimate of drug-likeness (QED) is 0.384. The number of carbonyl (C=O) groups is 1. The third-order valence-electron chi connectivity index (χ3n) is 3.82. The Labute approximate surface area is 171 Å². The minimum atomic E-state index is -0.571. The van der Waals surface area contributed by atoms with Gasteiger partial charge in [-0.05, 0) is 52.7 Å². The van der Waals surface area contributed by atoms with Crippen molar-refractivity contribution < 1.29 is 23.7 Å². The van der Waals surface area contributed by atoms with E-state index in [2.05, 4.69) is 15.9 Å². The maximum Gasteiger partial charge on any atom is 0.336 e. The second-order valence-corrected chi connectivity index (χ2v) is 6.70. The number of nitriles is 1. The first-order valence-electron chi connectivity index (χ1n) is 8.76. The van der Waals surface area contributed by atoms with Crippen LogP contribution in [-0.4, -0.2) is 25.8 Å². The number of benzene rings is 2. The summed E-state index contributed by atoms with van der Waals surface area (Å²) in [5.74, 6) is 1.33. The number of hydrogen-bond acceptors (Lipinski definition) is 6. The average Bonchev–Trinajstić information content (AvgIpc) is 2.93. The van der Waals surface area contributed by atoms with Crippen molar-refractivity contribution >= 4 is 28.0 Å². The van der Waals surface area contributed by atoms with E-state index < -0.39 is 5.97 Å². The number of fused-ring (bicyclic) bond motifs is 1. The van der Waals surface area contributed by atoms with E-state index in [1.54, 1.807) is 12.1 Å². The van der Waals surface area contributed by atoms with Crippen LogP contribution in [0, 0.1) is 11.3 Å². The lowest BCUT2D eigenvalue weighted by Gasteiger charge is -2.12. The minimum absolute atomic E-state index is 0.231. The molecule has 7 heteroatoms. The number of ether oxygens (including phenoxy) is 4. The molecular formula is C21H18BrNO5. The Kier molecular flexibility index (Phi) is 6.56. The van der Waals surface area contributed by atoms with Crippen molar-refractivity contribution in [3.8, 4) is 29.1 Å². The molecule has 2 aromatic carbocycles. The van der Waals surface area contributed by atoms with Crippen molar-refractivity contribution in [1.29, 1.82) is 5.26 Å². The third-order valence-corrected chi connectivity index (χ3v) is 4.41. The molecule has 1 aliphatic heterocycles. The minimum Gasteiger partial charge on any atom is -0.490 e. The molecule has 0 saturated carbocycles. The molecule has 0 fully saturated rings. The van der Waals surface area contributed by atoms with E-state index in [4.69, 9.17) is 24.2 Å². The van der Waals surface area contributed by atoms with Crippen molar-refractivity contribution in [2.24, 2.45) is 0 Å². The second-order valence-electron chi connectivity index (χ2n) is 5.84. The van der Waals surface area contributed by atoms with Crippen LogP contribution in [0.2, 0.25) is 0 Å². The van der Waals surface area contributed by atoms with Crippen molar-refractivity contribution in [2.45, 2.75) is 13.3 Å². The van der Waals surface area contributed by atoms with Gasteiger partial charge in [0.15, 0.2) is 23.0 Å². The van der Waals surface area contributed by atoms with Crippen LogP contribution in [0.15, 0.2) is 40.9 Å². The molecule has 6 nitrogen and oxygen atoms in total. The molecule has 144 valence electrons. The fourth-order valence-electron chi connectivity index (χ4n) is 2.58. The van der Waals surface area contributed by atoms with Gasteiger partial charge >= 0.3 is 5.97 Å². The van der Waals surface area contributed by atoms with Crippen molar-refractivity contribution in [1.82, 2.24) is 0 Å². The Morgan fingerprint density at radius 3 is 2.79 bits per heavy atom. The molecule has 0 unspecified atom stereocenters. The first kappa shape index (κ1) is 19.8. The lowest BCUT2D eigenvalue weighted by molar-refractivity contribution is -0.129. The highest BCUT2D eigenvalue weighted by molar-refractivity contribution is 9.10. The summed E-state index contributed by atoms with van der Waals surface area (Å²) < 4.78 is 22.6. The van der Waals surface area contributed by atoms with Crippen LogP contribution in [-0.2, 0) is 4.79 Å².